The van der Waals surface area contributed by atoms with Crippen LogP contribution in [0.5, 0.6) is 0 Å². The third-order valence-corrected chi connectivity index (χ3v) is 3.80. The van der Waals surface area contributed by atoms with Crippen molar-refractivity contribution < 1.29 is 4.79 Å². The summed E-state index contributed by atoms with van der Waals surface area (Å²) in [6.45, 7) is 2.11. The van der Waals surface area contributed by atoms with Gasteiger partial charge >= 0.3 is 0 Å². The fraction of sp³-hybridized carbons (Fsp3) is 0.636. The van der Waals surface area contributed by atoms with Gasteiger partial charge in [0.2, 0.25) is 0 Å². The van der Waals surface area contributed by atoms with Crippen LogP contribution >= 0.6 is 11.3 Å². The lowest BCUT2D eigenvalue weighted by molar-refractivity contribution is 0.0878. The molecule has 1 heterocycles. The molecule has 1 aromatic rings. The Bertz CT molecular complexity index is 382. The molecule has 1 aliphatic rings. The SMILES string of the molecule is CC1(NC(=O)c2csc(N)n2)CCCCC1. The fourth-order valence-electron chi connectivity index (χ4n) is 2.19. The van der Waals surface area contributed by atoms with Crippen molar-refractivity contribution in [3.8, 4) is 0 Å². The van der Waals surface area contributed by atoms with Crippen LogP contribution in [0.1, 0.15) is 49.5 Å². The monoisotopic (exact) mass is 239 g/mol. The molecule has 0 spiro atoms. The van der Waals surface area contributed by atoms with Crippen molar-refractivity contribution in [2.24, 2.45) is 0 Å². The number of rotatable bonds is 2. The first-order chi connectivity index (χ1) is 7.59. The first-order valence-electron chi connectivity index (χ1n) is 5.63. The number of amides is 1. The first-order valence-corrected chi connectivity index (χ1v) is 6.51. The minimum Gasteiger partial charge on any atom is -0.375 e. The highest BCUT2D eigenvalue weighted by Crippen LogP contribution is 2.27. The molecule has 0 unspecified atom stereocenters. The van der Waals surface area contributed by atoms with Crippen LogP contribution in [0.25, 0.3) is 0 Å². The van der Waals surface area contributed by atoms with Gasteiger partial charge in [-0.15, -0.1) is 11.3 Å². The lowest BCUT2D eigenvalue weighted by Gasteiger charge is -2.34. The molecule has 0 radical (unpaired) electrons. The third-order valence-electron chi connectivity index (χ3n) is 3.13. The number of hydrogen-bond acceptors (Lipinski definition) is 4. The van der Waals surface area contributed by atoms with Crippen molar-refractivity contribution in [1.82, 2.24) is 10.3 Å². The smallest absolute Gasteiger partial charge is 0.271 e. The lowest BCUT2D eigenvalue weighted by Crippen LogP contribution is -2.47. The Morgan fingerprint density at radius 1 is 1.50 bits per heavy atom. The van der Waals surface area contributed by atoms with E-state index < -0.39 is 0 Å². The molecule has 0 bridgehead atoms. The maximum Gasteiger partial charge on any atom is 0.271 e. The minimum atomic E-state index is -0.0997. The van der Waals surface area contributed by atoms with Crippen molar-refractivity contribution >= 4 is 22.4 Å². The summed E-state index contributed by atoms with van der Waals surface area (Å²) in [4.78, 5) is 15.9. The molecule has 1 saturated carbocycles. The van der Waals surface area contributed by atoms with Crippen LogP contribution in [-0.4, -0.2) is 16.4 Å². The van der Waals surface area contributed by atoms with Gasteiger partial charge in [-0.1, -0.05) is 19.3 Å². The Morgan fingerprint density at radius 3 is 2.75 bits per heavy atom. The summed E-state index contributed by atoms with van der Waals surface area (Å²) in [7, 11) is 0. The fourth-order valence-corrected chi connectivity index (χ4v) is 2.73. The van der Waals surface area contributed by atoms with E-state index in [1.54, 1.807) is 5.38 Å². The van der Waals surface area contributed by atoms with E-state index in [9.17, 15) is 4.79 Å². The molecule has 0 aromatic carbocycles. The van der Waals surface area contributed by atoms with E-state index in [4.69, 9.17) is 5.73 Å². The summed E-state index contributed by atoms with van der Waals surface area (Å²) < 4.78 is 0. The van der Waals surface area contributed by atoms with Crippen molar-refractivity contribution in [3.05, 3.63) is 11.1 Å². The van der Waals surface area contributed by atoms with Gasteiger partial charge in [0.15, 0.2) is 5.13 Å². The molecule has 0 atom stereocenters. The molecule has 1 aliphatic carbocycles. The van der Waals surface area contributed by atoms with Gasteiger partial charge in [0.05, 0.1) is 0 Å². The van der Waals surface area contributed by atoms with Gasteiger partial charge in [-0.25, -0.2) is 4.98 Å². The molecule has 3 N–H and O–H groups in total. The Morgan fingerprint density at radius 2 is 2.19 bits per heavy atom. The van der Waals surface area contributed by atoms with Gasteiger partial charge in [0.1, 0.15) is 5.69 Å². The van der Waals surface area contributed by atoms with Crippen molar-refractivity contribution in [2.75, 3.05) is 5.73 Å². The van der Waals surface area contributed by atoms with Gasteiger partial charge in [0, 0.05) is 10.9 Å². The normalized spacial score (nSPS) is 19.3. The Kier molecular flexibility index (Phi) is 3.14. The second-order valence-corrected chi connectivity index (χ2v) is 5.54. The van der Waals surface area contributed by atoms with Crippen LogP contribution in [0.15, 0.2) is 5.38 Å². The Hall–Kier alpha value is -1.10. The second kappa shape index (κ2) is 4.41. The predicted molar refractivity (Wildman–Crippen MR) is 65.5 cm³/mol. The summed E-state index contributed by atoms with van der Waals surface area (Å²) >= 11 is 1.30. The number of nitrogens with zero attached hydrogens (tertiary/aromatic N) is 1. The van der Waals surface area contributed by atoms with Crippen molar-refractivity contribution in [1.29, 1.82) is 0 Å². The van der Waals surface area contributed by atoms with Gasteiger partial charge in [-0.2, -0.15) is 0 Å². The molecule has 16 heavy (non-hydrogen) atoms. The molecule has 2 rings (SSSR count). The summed E-state index contributed by atoms with van der Waals surface area (Å²) in [5.74, 6) is -0.0997. The molecular formula is C11H17N3OS. The minimum absolute atomic E-state index is 0.0618. The number of carbonyl (C=O) groups is 1. The van der Waals surface area contributed by atoms with Gasteiger partial charge in [-0.05, 0) is 19.8 Å². The number of anilines is 1. The maximum absolute atomic E-state index is 11.9. The third kappa shape index (κ3) is 2.52. The van der Waals surface area contributed by atoms with Crippen molar-refractivity contribution in [2.45, 2.75) is 44.6 Å². The molecule has 0 saturated heterocycles. The highest BCUT2D eigenvalue weighted by molar-refractivity contribution is 7.13. The van der Waals surface area contributed by atoms with Crippen LogP contribution < -0.4 is 11.1 Å². The molecule has 1 aromatic heterocycles. The van der Waals surface area contributed by atoms with E-state index in [1.807, 2.05) is 0 Å². The number of aromatic nitrogens is 1. The predicted octanol–water partition coefficient (Wildman–Crippen LogP) is 2.18. The highest BCUT2D eigenvalue weighted by atomic mass is 32.1. The molecular weight excluding hydrogens is 222 g/mol. The summed E-state index contributed by atoms with van der Waals surface area (Å²) in [5.41, 5.74) is 5.89. The molecule has 1 amide bonds. The van der Waals surface area contributed by atoms with Crippen LogP contribution in [0.2, 0.25) is 0 Å². The lowest BCUT2D eigenvalue weighted by atomic mass is 9.83. The molecule has 5 heteroatoms. The summed E-state index contributed by atoms with van der Waals surface area (Å²) in [6.07, 6.45) is 5.76. The number of nitrogens with two attached hydrogens (primary N) is 1. The van der Waals surface area contributed by atoms with Gasteiger partial charge in [-0.3, -0.25) is 4.79 Å². The Labute approximate surface area is 99.3 Å². The zero-order valence-electron chi connectivity index (χ0n) is 9.45. The standard InChI is InChI=1S/C11H17N3OS/c1-11(5-3-2-4-6-11)14-9(15)8-7-16-10(12)13-8/h7H,2-6H2,1H3,(H2,12,13)(H,14,15). The largest absolute Gasteiger partial charge is 0.375 e. The van der Waals surface area contributed by atoms with E-state index in [1.165, 1.54) is 30.6 Å². The average Bonchev–Trinajstić information content (AvgIpc) is 2.65. The number of hydrogen-bond donors (Lipinski definition) is 2. The maximum atomic E-state index is 11.9. The Balaban J connectivity index is 2.01. The van der Waals surface area contributed by atoms with Gasteiger partial charge in [0.25, 0.3) is 5.91 Å². The summed E-state index contributed by atoms with van der Waals surface area (Å²) in [6, 6.07) is 0. The number of nitrogens with one attached hydrogen (secondary N) is 1. The van der Waals surface area contributed by atoms with Gasteiger partial charge < -0.3 is 11.1 Å². The summed E-state index contributed by atoms with van der Waals surface area (Å²) in [5, 5.41) is 5.22. The van der Waals surface area contributed by atoms with Crippen LogP contribution in [-0.2, 0) is 0 Å². The molecule has 1 fully saturated rings. The quantitative estimate of drug-likeness (QED) is 0.831. The van der Waals surface area contributed by atoms with E-state index in [-0.39, 0.29) is 11.4 Å². The molecule has 88 valence electrons. The van der Waals surface area contributed by atoms with E-state index in [2.05, 4.69) is 17.2 Å². The van der Waals surface area contributed by atoms with Crippen molar-refractivity contribution in [3.63, 3.8) is 0 Å². The zero-order chi connectivity index (χ0) is 11.6. The number of thiazole rings is 1. The van der Waals surface area contributed by atoms with E-state index in [0.29, 0.717) is 10.8 Å². The van der Waals surface area contributed by atoms with E-state index in [0.717, 1.165) is 12.8 Å². The van der Waals surface area contributed by atoms with Crippen LogP contribution in [0, 0.1) is 0 Å². The highest BCUT2D eigenvalue weighted by Gasteiger charge is 2.29. The van der Waals surface area contributed by atoms with Crippen LogP contribution in [0.3, 0.4) is 0 Å². The van der Waals surface area contributed by atoms with E-state index >= 15 is 0 Å². The molecule has 0 aliphatic heterocycles. The second-order valence-electron chi connectivity index (χ2n) is 4.65. The number of nitrogen functional groups attached to an aromatic ring is 1. The first kappa shape index (κ1) is 11.4. The topological polar surface area (TPSA) is 68.0 Å². The van der Waals surface area contributed by atoms with Crippen LogP contribution in [0.4, 0.5) is 5.13 Å². The average molecular weight is 239 g/mol. The molecule has 4 nitrogen and oxygen atoms in total. The zero-order valence-corrected chi connectivity index (χ0v) is 10.3. The number of carbonyl (C=O) groups excluding carboxylic acids is 1.